The molecule has 1 heterocycles. The smallest absolute Gasteiger partial charge is 0.451 e. The van der Waals surface area contributed by atoms with Gasteiger partial charge in [-0.2, -0.15) is 28.1 Å². The van der Waals surface area contributed by atoms with Gasteiger partial charge in [0, 0.05) is 7.05 Å². The summed E-state index contributed by atoms with van der Waals surface area (Å²) >= 11 is 0. The molecule has 0 unspecified atom stereocenters. The fraction of sp³-hybridized carbons (Fsp3) is 0.500. The number of halogens is 3. The van der Waals surface area contributed by atoms with Crippen molar-refractivity contribution in [3.05, 3.63) is 5.82 Å². The standard InChI is InChI=1S/C6H7F3N4O/c1-10-4-11-3(6(7,8)9)12-5(13-4)14-2/h1-2H3,(H,10,11,12,13). The van der Waals surface area contributed by atoms with E-state index >= 15 is 0 Å². The molecule has 1 aromatic heterocycles. The van der Waals surface area contributed by atoms with Crippen LogP contribution in [0.4, 0.5) is 19.1 Å². The van der Waals surface area contributed by atoms with Crippen molar-refractivity contribution in [2.75, 3.05) is 19.5 Å². The first kappa shape index (κ1) is 10.5. The van der Waals surface area contributed by atoms with Crippen LogP contribution in [0.1, 0.15) is 5.82 Å². The van der Waals surface area contributed by atoms with Crippen molar-refractivity contribution in [2.45, 2.75) is 6.18 Å². The Bertz CT molecular complexity index is 305. The Kier molecular flexibility index (Phi) is 2.73. The minimum absolute atomic E-state index is 0.191. The number of nitrogens with one attached hydrogen (secondary N) is 1. The lowest BCUT2D eigenvalue weighted by Crippen LogP contribution is -2.14. The van der Waals surface area contributed by atoms with E-state index in [9.17, 15) is 13.2 Å². The van der Waals surface area contributed by atoms with E-state index in [0.717, 1.165) is 0 Å². The van der Waals surface area contributed by atoms with Crippen LogP contribution in [0.15, 0.2) is 0 Å². The number of hydrogen-bond acceptors (Lipinski definition) is 5. The van der Waals surface area contributed by atoms with Gasteiger partial charge in [0.2, 0.25) is 11.8 Å². The Hall–Kier alpha value is -1.60. The predicted octanol–water partition coefficient (Wildman–Crippen LogP) is 0.941. The van der Waals surface area contributed by atoms with E-state index in [2.05, 4.69) is 25.0 Å². The normalized spacial score (nSPS) is 11.2. The van der Waals surface area contributed by atoms with Gasteiger partial charge in [0.1, 0.15) is 0 Å². The first-order chi connectivity index (χ1) is 6.47. The van der Waals surface area contributed by atoms with E-state index in [1.807, 2.05) is 0 Å². The molecular formula is C6H7F3N4O. The van der Waals surface area contributed by atoms with E-state index in [0.29, 0.717) is 0 Å². The molecule has 14 heavy (non-hydrogen) atoms. The number of ether oxygens (including phenoxy) is 1. The Labute approximate surface area is 77.3 Å². The second-order valence-corrected chi connectivity index (χ2v) is 2.22. The van der Waals surface area contributed by atoms with Crippen molar-refractivity contribution in [1.82, 2.24) is 15.0 Å². The topological polar surface area (TPSA) is 59.9 Å². The van der Waals surface area contributed by atoms with Crippen LogP contribution in [-0.2, 0) is 6.18 Å². The third kappa shape index (κ3) is 2.21. The van der Waals surface area contributed by atoms with Crippen LogP contribution in [0.3, 0.4) is 0 Å². The molecule has 0 aliphatic heterocycles. The van der Waals surface area contributed by atoms with Crippen molar-refractivity contribution >= 4 is 5.95 Å². The number of hydrogen-bond donors (Lipinski definition) is 1. The fourth-order valence-corrected chi connectivity index (χ4v) is 0.686. The van der Waals surface area contributed by atoms with Crippen LogP contribution < -0.4 is 10.1 Å². The molecule has 1 N–H and O–H groups in total. The van der Waals surface area contributed by atoms with Crippen LogP contribution in [0.5, 0.6) is 6.01 Å². The highest BCUT2D eigenvalue weighted by Crippen LogP contribution is 2.27. The lowest BCUT2D eigenvalue weighted by molar-refractivity contribution is -0.145. The van der Waals surface area contributed by atoms with Gasteiger partial charge in [-0.25, -0.2) is 0 Å². The first-order valence-corrected chi connectivity index (χ1v) is 3.52. The SMILES string of the molecule is CNc1nc(OC)nc(C(F)(F)F)n1. The van der Waals surface area contributed by atoms with E-state index in [-0.39, 0.29) is 12.0 Å². The maximum Gasteiger partial charge on any atom is 0.451 e. The van der Waals surface area contributed by atoms with Gasteiger partial charge in [0.05, 0.1) is 7.11 Å². The summed E-state index contributed by atoms with van der Waals surface area (Å²) in [6, 6.07) is -0.378. The molecule has 0 fully saturated rings. The van der Waals surface area contributed by atoms with Crippen LogP contribution >= 0.6 is 0 Å². The van der Waals surface area contributed by atoms with Crippen molar-refractivity contribution < 1.29 is 17.9 Å². The fourth-order valence-electron chi connectivity index (χ4n) is 0.686. The summed E-state index contributed by atoms with van der Waals surface area (Å²) in [5, 5.41) is 2.37. The molecule has 5 nitrogen and oxygen atoms in total. The van der Waals surface area contributed by atoms with Crippen LogP contribution in [0.25, 0.3) is 0 Å². The van der Waals surface area contributed by atoms with Gasteiger partial charge in [-0.05, 0) is 0 Å². The van der Waals surface area contributed by atoms with Crippen LogP contribution in [-0.4, -0.2) is 29.1 Å². The first-order valence-electron chi connectivity index (χ1n) is 3.52. The molecule has 0 spiro atoms. The Morgan fingerprint density at radius 1 is 1.21 bits per heavy atom. The summed E-state index contributed by atoms with van der Waals surface area (Å²) in [7, 11) is 2.57. The van der Waals surface area contributed by atoms with E-state index in [4.69, 9.17) is 0 Å². The van der Waals surface area contributed by atoms with E-state index in [1.165, 1.54) is 14.2 Å². The summed E-state index contributed by atoms with van der Waals surface area (Å²) < 4.78 is 41.0. The second kappa shape index (κ2) is 3.64. The van der Waals surface area contributed by atoms with Gasteiger partial charge in [-0.3, -0.25) is 0 Å². The number of nitrogens with zero attached hydrogens (tertiary/aromatic N) is 3. The molecule has 0 aliphatic rings. The number of anilines is 1. The van der Waals surface area contributed by atoms with Gasteiger partial charge in [-0.15, -0.1) is 0 Å². The summed E-state index contributed by atoms with van der Waals surface area (Å²) in [5.74, 6) is -1.47. The highest BCUT2D eigenvalue weighted by Gasteiger charge is 2.36. The Morgan fingerprint density at radius 3 is 2.29 bits per heavy atom. The maximum atomic E-state index is 12.2. The van der Waals surface area contributed by atoms with Gasteiger partial charge < -0.3 is 10.1 Å². The van der Waals surface area contributed by atoms with Crippen LogP contribution in [0, 0.1) is 0 Å². The highest BCUT2D eigenvalue weighted by molar-refractivity contribution is 5.25. The van der Waals surface area contributed by atoms with Gasteiger partial charge in [0.25, 0.3) is 0 Å². The Morgan fingerprint density at radius 2 is 1.86 bits per heavy atom. The lowest BCUT2D eigenvalue weighted by atomic mass is 10.6. The van der Waals surface area contributed by atoms with E-state index in [1.54, 1.807) is 0 Å². The Balaban J connectivity index is 3.17. The van der Waals surface area contributed by atoms with E-state index < -0.39 is 12.0 Å². The minimum Gasteiger partial charge on any atom is -0.467 e. The van der Waals surface area contributed by atoms with Crippen molar-refractivity contribution in [3.8, 4) is 6.01 Å². The largest absolute Gasteiger partial charge is 0.467 e. The monoisotopic (exact) mass is 208 g/mol. The molecule has 0 saturated carbocycles. The predicted molar refractivity (Wildman–Crippen MR) is 40.9 cm³/mol. The molecule has 0 saturated heterocycles. The average Bonchev–Trinajstić information content (AvgIpc) is 2.15. The second-order valence-electron chi connectivity index (χ2n) is 2.22. The highest BCUT2D eigenvalue weighted by atomic mass is 19.4. The third-order valence-electron chi connectivity index (χ3n) is 1.27. The van der Waals surface area contributed by atoms with Crippen molar-refractivity contribution in [3.63, 3.8) is 0 Å². The molecular weight excluding hydrogens is 201 g/mol. The average molecular weight is 208 g/mol. The molecule has 0 aromatic carbocycles. The summed E-state index contributed by atoms with van der Waals surface area (Å²) in [4.78, 5) is 9.72. The molecule has 1 rings (SSSR count). The zero-order chi connectivity index (χ0) is 10.8. The number of rotatable bonds is 2. The maximum absolute atomic E-state index is 12.2. The summed E-state index contributed by atoms with van der Waals surface area (Å²) in [5.41, 5.74) is 0. The number of alkyl halides is 3. The molecule has 1 aromatic rings. The summed E-state index contributed by atoms with van der Waals surface area (Å²) in [6.07, 6.45) is -4.61. The molecule has 0 aliphatic carbocycles. The number of aromatic nitrogens is 3. The quantitative estimate of drug-likeness (QED) is 0.783. The molecule has 0 atom stereocenters. The zero-order valence-electron chi connectivity index (χ0n) is 7.38. The number of methoxy groups -OCH3 is 1. The third-order valence-corrected chi connectivity index (χ3v) is 1.27. The van der Waals surface area contributed by atoms with Crippen LogP contribution in [0.2, 0.25) is 0 Å². The van der Waals surface area contributed by atoms with Gasteiger partial charge in [0.15, 0.2) is 0 Å². The van der Waals surface area contributed by atoms with Gasteiger partial charge >= 0.3 is 12.2 Å². The molecule has 0 bridgehead atoms. The molecule has 8 heteroatoms. The zero-order valence-corrected chi connectivity index (χ0v) is 7.38. The summed E-state index contributed by atoms with van der Waals surface area (Å²) in [6.45, 7) is 0. The van der Waals surface area contributed by atoms with Gasteiger partial charge in [-0.1, -0.05) is 0 Å². The van der Waals surface area contributed by atoms with Crippen molar-refractivity contribution in [2.24, 2.45) is 0 Å². The minimum atomic E-state index is -4.61. The molecule has 0 radical (unpaired) electrons. The molecule has 0 amide bonds. The molecule has 78 valence electrons. The van der Waals surface area contributed by atoms with Crippen molar-refractivity contribution in [1.29, 1.82) is 0 Å². The lowest BCUT2D eigenvalue weighted by Gasteiger charge is -2.07.